The molecule has 0 aromatic carbocycles. The van der Waals surface area contributed by atoms with E-state index in [1.54, 1.807) is 0 Å². The number of rotatable bonds is 5. The minimum absolute atomic E-state index is 0.0197. The summed E-state index contributed by atoms with van der Waals surface area (Å²) in [5.74, 6) is -1.61. The normalized spacial score (nSPS) is 9.38. The van der Waals surface area contributed by atoms with Gasteiger partial charge in [0.15, 0.2) is 0 Å². The monoisotopic (exact) mass is 188 g/mol. The van der Waals surface area contributed by atoms with Gasteiger partial charge < -0.3 is 21.7 Å². The highest BCUT2D eigenvalue weighted by atomic mass is 16.3. The van der Waals surface area contributed by atoms with Crippen LogP contribution in [0, 0.1) is 0 Å². The molecule has 0 rings (SSSR count). The third kappa shape index (κ3) is 3.68. The molecule has 0 unspecified atom stereocenters. The van der Waals surface area contributed by atoms with E-state index in [0.29, 0.717) is 0 Å². The fourth-order valence-electron chi connectivity index (χ4n) is 0.801. The van der Waals surface area contributed by atoms with Crippen LogP contribution in [0.3, 0.4) is 0 Å². The Hall–Kier alpha value is -1.40. The Morgan fingerprint density at radius 3 is 1.77 bits per heavy atom. The van der Waals surface area contributed by atoms with Crippen LogP contribution in [0.25, 0.3) is 0 Å². The van der Waals surface area contributed by atoms with Crippen molar-refractivity contribution in [2.75, 3.05) is 13.2 Å². The fraction of sp³-hybridized carbons (Fsp3) is 0.429. The molecule has 0 spiro atoms. The molecule has 0 heterocycles. The molecule has 6 nitrogen and oxygen atoms in total. The van der Waals surface area contributed by atoms with Crippen LogP contribution in [0.2, 0.25) is 0 Å². The third-order valence-electron chi connectivity index (χ3n) is 1.46. The van der Waals surface area contributed by atoms with Gasteiger partial charge in [-0.25, -0.2) is 0 Å². The third-order valence-corrected chi connectivity index (χ3v) is 1.46. The standard InChI is InChI=1S/C7H12N2O4/c8-6(12)1-5(7(9)13)4(2-10)3-11/h10-11H,1-3H2,(H2,8,12)(H2,9,13). The molecule has 0 fully saturated rings. The number of primary amides is 2. The van der Waals surface area contributed by atoms with Crippen molar-refractivity contribution >= 4 is 11.8 Å². The van der Waals surface area contributed by atoms with E-state index < -0.39 is 25.0 Å². The van der Waals surface area contributed by atoms with Gasteiger partial charge in [-0.15, -0.1) is 0 Å². The molecule has 0 radical (unpaired) electrons. The Balaban J connectivity index is 4.85. The zero-order chi connectivity index (χ0) is 10.4. The summed E-state index contributed by atoms with van der Waals surface area (Å²) in [4.78, 5) is 21.2. The highest BCUT2D eigenvalue weighted by molar-refractivity contribution is 5.98. The number of aliphatic hydroxyl groups is 2. The van der Waals surface area contributed by atoms with Crippen LogP contribution < -0.4 is 11.5 Å². The second-order valence-corrected chi connectivity index (χ2v) is 2.41. The van der Waals surface area contributed by atoms with E-state index >= 15 is 0 Å². The smallest absolute Gasteiger partial charge is 0.245 e. The minimum Gasteiger partial charge on any atom is -0.392 e. The first-order chi connectivity index (χ1) is 6.02. The van der Waals surface area contributed by atoms with E-state index in [0.717, 1.165) is 0 Å². The van der Waals surface area contributed by atoms with Crippen LogP contribution in [0.1, 0.15) is 6.42 Å². The quantitative estimate of drug-likeness (QED) is 0.359. The minimum atomic E-state index is -0.864. The lowest BCUT2D eigenvalue weighted by Gasteiger charge is -2.06. The van der Waals surface area contributed by atoms with Crippen molar-refractivity contribution in [1.29, 1.82) is 0 Å². The number of hydrogen-bond acceptors (Lipinski definition) is 4. The summed E-state index contributed by atoms with van der Waals surface area (Å²) in [7, 11) is 0. The molecular weight excluding hydrogens is 176 g/mol. The first kappa shape index (κ1) is 11.6. The van der Waals surface area contributed by atoms with Gasteiger partial charge in [0.05, 0.1) is 19.6 Å². The number of amides is 2. The number of nitrogens with two attached hydrogens (primary N) is 2. The van der Waals surface area contributed by atoms with Gasteiger partial charge in [-0.2, -0.15) is 0 Å². The average Bonchev–Trinajstić information content (AvgIpc) is 2.04. The van der Waals surface area contributed by atoms with Gasteiger partial charge in [-0.3, -0.25) is 9.59 Å². The second kappa shape index (κ2) is 5.28. The van der Waals surface area contributed by atoms with Gasteiger partial charge in [-0.1, -0.05) is 0 Å². The molecule has 0 aliphatic heterocycles. The molecule has 0 saturated heterocycles. The fourth-order valence-corrected chi connectivity index (χ4v) is 0.801. The molecule has 0 atom stereocenters. The van der Waals surface area contributed by atoms with E-state index in [4.69, 9.17) is 21.7 Å². The number of carbonyl (C=O) groups is 2. The Bertz CT molecular complexity index is 241. The number of aliphatic hydroxyl groups excluding tert-OH is 2. The molecule has 0 bridgehead atoms. The lowest BCUT2D eigenvalue weighted by Crippen LogP contribution is -2.23. The maximum Gasteiger partial charge on any atom is 0.245 e. The van der Waals surface area contributed by atoms with Gasteiger partial charge >= 0.3 is 0 Å². The van der Waals surface area contributed by atoms with E-state index in [1.165, 1.54) is 0 Å². The maximum atomic E-state index is 10.7. The van der Waals surface area contributed by atoms with Gasteiger partial charge in [-0.05, 0) is 5.57 Å². The lowest BCUT2D eigenvalue weighted by molar-refractivity contribution is -0.120. The summed E-state index contributed by atoms with van der Waals surface area (Å²) in [6.45, 7) is -1.05. The van der Waals surface area contributed by atoms with Crippen molar-refractivity contribution in [2.45, 2.75) is 6.42 Å². The molecule has 2 amide bonds. The Kier molecular flexibility index (Phi) is 4.71. The topological polar surface area (TPSA) is 127 Å². The molecule has 0 aromatic rings. The van der Waals surface area contributed by atoms with Gasteiger partial charge in [0.25, 0.3) is 0 Å². The Morgan fingerprint density at radius 2 is 1.54 bits per heavy atom. The molecule has 0 saturated carbocycles. The van der Waals surface area contributed by atoms with Crippen LogP contribution >= 0.6 is 0 Å². The molecular formula is C7H12N2O4. The van der Waals surface area contributed by atoms with E-state index in [-0.39, 0.29) is 17.6 Å². The van der Waals surface area contributed by atoms with E-state index in [1.807, 2.05) is 0 Å². The highest BCUT2D eigenvalue weighted by Crippen LogP contribution is 2.07. The lowest BCUT2D eigenvalue weighted by atomic mass is 10.1. The first-order valence-electron chi connectivity index (χ1n) is 3.53. The highest BCUT2D eigenvalue weighted by Gasteiger charge is 2.13. The maximum absolute atomic E-state index is 10.7. The zero-order valence-electron chi connectivity index (χ0n) is 6.99. The van der Waals surface area contributed by atoms with Crippen LogP contribution in [-0.2, 0) is 9.59 Å². The summed E-state index contributed by atoms with van der Waals surface area (Å²) in [6.07, 6.45) is -0.369. The summed E-state index contributed by atoms with van der Waals surface area (Å²) in [5.41, 5.74) is 9.64. The molecule has 0 aliphatic rings. The first-order valence-corrected chi connectivity index (χ1v) is 3.53. The molecule has 0 aromatic heterocycles. The van der Waals surface area contributed by atoms with Gasteiger partial charge in [0, 0.05) is 5.57 Å². The summed E-state index contributed by atoms with van der Waals surface area (Å²) < 4.78 is 0. The van der Waals surface area contributed by atoms with Crippen LogP contribution in [0.15, 0.2) is 11.1 Å². The number of carbonyl (C=O) groups excluding carboxylic acids is 2. The average molecular weight is 188 g/mol. The predicted molar refractivity (Wildman–Crippen MR) is 44.2 cm³/mol. The molecule has 74 valence electrons. The Labute approximate surface area is 74.8 Å². The second-order valence-electron chi connectivity index (χ2n) is 2.41. The van der Waals surface area contributed by atoms with Crippen LogP contribution in [-0.4, -0.2) is 35.2 Å². The van der Waals surface area contributed by atoms with E-state index in [9.17, 15) is 9.59 Å². The van der Waals surface area contributed by atoms with Crippen molar-refractivity contribution in [1.82, 2.24) is 0 Å². The molecule has 0 aliphatic carbocycles. The SMILES string of the molecule is NC(=O)CC(C(N)=O)=C(CO)CO. The summed E-state index contributed by atoms with van der Waals surface area (Å²) in [5, 5.41) is 17.4. The van der Waals surface area contributed by atoms with Crippen molar-refractivity contribution in [3.05, 3.63) is 11.1 Å². The summed E-state index contributed by atoms with van der Waals surface area (Å²) in [6, 6.07) is 0. The zero-order valence-corrected chi connectivity index (χ0v) is 6.99. The van der Waals surface area contributed by atoms with Gasteiger partial charge in [0.2, 0.25) is 11.8 Å². The molecule has 13 heavy (non-hydrogen) atoms. The predicted octanol–water partition coefficient (Wildman–Crippen LogP) is -2.37. The van der Waals surface area contributed by atoms with Crippen molar-refractivity contribution in [3.8, 4) is 0 Å². The molecule has 6 N–H and O–H groups in total. The van der Waals surface area contributed by atoms with Crippen molar-refractivity contribution < 1.29 is 19.8 Å². The summed E-state index contributed by atoms with van der Waals surface area (Å²) >= 11 is 0. The number of hydrogen-bond donors (Lipinski definition) is 4. The van der Waals surface area contributed by atoms with Gasteiger partial charge in [0.1, 0.15) is 0 Å². The largest absolute Gasteiger partial charge is 0.392 e. The van der Waals surface area contributed by atoms with Crippen LogP contribution in [0.4, 0.5) is 0 Å². The van der Waals surface area contributed by atoms with Crippen molar-refractivity contribution in [3.63, 3.8) is 0 Å². The van der Waals surface area contributed by atoms with Crippen LogP contribution in [0.5, 0.6) is 0 Å². The Morgan fingerprint density at radius 1 is 1.08 bits per heavy atom. The molecule has 6 heteroatoms. The van der Waals surface area contributed by atoms with Crippen molar-refractivity contribution in [2.24, 2.45) is 11.5 Å². The van der Waals surface area contributed by atoms with E-state index in [2.05, 4.69) is 0 Å².